The molecule has 0 saturated carbocycles. The van der Waals surface area contributed by atoms with E-state index in [2.05, 4.69) is 6.58 Å². The standard InChI is InChI=1S/C11H11F3O/c1-3-10(15,11(12,13)14)9-6-4-8(2)5-7-9/h3-7,15H,1H2,2H3. The van der Waals surface area contributed by atoms with Crippen molar-refractivity contribution >= 4 is 0 Å². The number of hydrogen-bond donors (Lipinski definition) is 1. The van der Waals surface area contributed by atoms with Crippen molar-refractivity contribution in [2.24, 2.45) is 0 Å². The first kappa shape index (κ1) is 11.8. The van der Waals surface area contributed by atoms with Crippen LogP contribution in [-0.4, -0.2) is 11.3 Å². The van der Waals surface area contributed by atoms with Crippen LogP contribution in [-0.2, 0) is 5.60 Å². The number of benzene rings is 1. The van der Waals surface area contributed by atoms with Crippen molar-refractivity contribution in [3.63, 3.8) is 0 Å². The van der Waals surface area contributed by atoms with Crippen molar-refractivity contribution in [3.8, 4) is 0 Å². The summed E-state index contributed by atoms with van der Waals surface area (Å²) in [4.78, 5) is 0. The number of aliphatic hydroxyl groups is 1. The SMILES string of the molecule is C=CC(O)(c1ccc(C)cc1)C(F)(F)F. The molecular formula is C11H11F3O. The third-order valence-corrected chi connectivity index (χ3v) is 2.22. The number of alkyl halides is 3. The normalized spacial score (nSPS) is 15.8. The molecule has 0 bridgehead atoms. The lowest BCUT2D eigenvalue weighted by atomic mass is 9.93. The third kappa shape index (κ3) is 2.04. The molecule has 1 aromatic carbocycles. The quantitative estimate of drug-likeness (QED) is 0.753. The minimum Gasteiger partial charge on any atom is -0.373 e. The van der Waals surface area contributed by atoms with Gasteiger partial charge in [0.25, 0.3) is 0 Å². The smallest absolute Gasteiger partial charge is 0.373 e. The first-order valence-electron chi connectivity index (χ1n) is 4.31. The fraction of sp³-hybridized carbons (Fsp3) is 0.273. The average Bonchev–Trinajstić information content (AvgIpc) is 2.16. The second kappa shape index (κ2) is 3.70. The Morgan fingerprint density at radius 1 is 1.20 bits per heavy atom. The zero-order valence-corrected chi connectivity index (χ0v) is 8.17. The summed E-state index contributed by atoms with van der Waals surface area (Å²) in [6, 6.07) is 5.50. The van der Waals surface area contributed by atoms with Crippen LogP contribution in [0.1, 0.15) is 11.1 Å². The summed E-state index contributed by atoms with van der Waals surface area (Å²) in [5.74, 6) is 0. The predicted molar refractivity (Wildman–Crippen MR) is 51.3 cm³/mol. The zero-order valence-electron chi connectivity index (χ0n) is 8.17. The minimum absolute atomic E-state index is 0.226. The van der Waals surface area contributed by atoms with Crippen molar-refractivity contribution in [1.29, 1.82) is 0 Å². The molecule has 4 heteroatoms. The van der Waals surface area contributed by atoms with Gasteiger partial charge in [-0.15, -0.1) is 0 Å². The van der Waals surface area contributed by atoms with E-state index in [1.165, 1.54) is 24.3 Å². The first-order valence-corrected chi connectivity index (χ1v) is 4.31. The molecule has 1 atom stereocenters. The minimum atomic E-state index is -4.76. The van der Waals surface area contributed by atoms with Gasteiger partial charge in [-0.05, 0) is 18.6 Å². The lowest BCUT2D eigenvalue weighted by Gasteiger charge is -2.27. The van der Waals surface area contributed by atoms with Gasteiger partial charge in [0.2, 0.25) is 5.60 Å². The Bertz CT molecular complexity index is 353. The van der Waals surface area contributed by atoms with Gasteiger partial charge in [-0.2, -0.15) is 13.2 Å². The van der Waals surface area contributed by atoms with Crippen LogP contribution in [0.15, 0.2) is 36.9 Å². The molecule has 1 N–H and O–H groups in total. The molecule has 1 rings (SSSR count). The van der Waals surface area contributed by atoms with Gasteiger partial charge in [-0.25, -0.2) is 0 Å². The largest absolute Gasteiger partial charge is 0.425 e. The van der Waals surface area contributed by atoms with Crippen LogP contribution in [0.25, 0.3) is 0 Å². The molecule has 0 aliphatic rings. The van der Waals surface area contributed by atoms with Crippen molar-refractivity contribution in [2.45, 2.75) is 18.7 Å². The van der Waals surface area contributed by atoms with E-state index in [9.17, 15) is 18.3 Å². The lowest BCUT2D eigenvalue weighted by Crippen LogP contribution is -2.40. The summed E-state index contributed by atoms with van der Waals surface area (Å²) in [5, 5.41) is 9.48. The Morgan fingerprint density at radius 2 is 1.67 bits per heavy atom. The molecule has 1 aromatic rings. The number of rotatable bonds is 2. The van der Waals surface area contributed by atoms with E-state index in [-0.39, 0.29) is 5.56 Å². The fourth-order valence-corrected chi connectivity index (χ4v) is 1.20. The first-order chi connectivity index (χ1) is 6.81. The molecule has 0 aromatic heterocycles. The van der Waals surface area contributed by atoms with Gasteiger partial charge in [0, 0.05) is 0 Å². The van der Waals surface area contributed by atoms with Crippen molar-refractivity contribution < 1.29 is 18.3 Å². The highest BCUT2D eigenvalue weighted by molar-refractivity contribution is 5.31. The van der Waals surface area contributed by atoms with Crippen LogP contribution in [0.5, 0.6) is 0 Å². The summed E-state index contributed by atoms with van der Waals surface area (Å²) in [5.41, 5.74) is -2.37. The van der Waals surface area contributed by atoms with Crippen molar-refractivity contribution in [2.75, 3.05) is 0 Å². The van der Waals surface area contributed by atoms with Crippen LogP contribution < -0.4 is 0 Å². The molecule has 0 radical (unpaired) electrons. The highest BCUT2D eigenvalue weighted by atomic mass is 19.4. The Labute approximate surface area is 85.9 Å². The Balaban J connectivity index is 3.24. The van der Waals surface area contributed by atoms with E-state index in [1.807, 2.05) is 0 Å². The number of halogens is 3. The maximum atomic E-state index is 12.6. The Morgan fingerprint density at radius 3 is 2.00 bits per heavy atom. The average molecular weight is 216 g/mol. The highest BCUT2D eigenvalue weighted by Crippen LogP contribution is 2.39. The van der Waals surface area contributed by atoms with Gasteiger partial charge in [0.15, 0.2) is 0 Å². The van der Waals surface area contributed by atoms with E-state index >= 15 is 0 Å². The Hall–Kier alpha value is -1.29. The van der Waals surface area contributed by atoms with Gasteiger partial charge in [-0.1, -0.05) is 36.4 Å². The van der Waals surface area contributed by atoms with Crippen molar-refractivity contribution in [3.05, 3.63) is 48.0 Å². The maximum Gasteiger partial charge on any atom is 0.425 e. The van der Waals surface area contributed by atoms with Gasteiger partial charge in [0.1, 0.15) is 0 Å². The van der Waals surface area contributed by atoms with Gasteiger partial charge in [0.05, 0.1) is 0 Å². The molecule has 0 spiro atoms. The van der Waals surface area contributed by atoms with E-state index in [0.29, 0.717) is 6.08 Å². The molecule has 0 heterocycles. The molecule has 1 nitrogen and oxygen atoms in total. The summed E-state index contributed by atoms with van der Waals surface area (Å²) in [6.07, 6.45) is -4.26. The summed E-state index contributed by atoms with van der Waals surface area (Å²) >= 11 is 0. The number of hydrogen-bond acceptors (Lipinski definition) is 1. The van der Waals surface area contributed by atoms with Gasteiger partial charge < -0.3 is 5.11 Å². The number of aryl methyl sites for hydroxylation is 1. The van der Waals surface area contributed by atoms with Crippen LogP contribution in [0.2, 0.25) is 0 Å². The van der Waals surface area contributed by atoms with Crippen LogP contribution in [0.4, 0.5) is 13.2 Å². The lowest BCUT2D eigenvalue weighted by molar-refractivity contribution is -0.245. The Kier molecular flexibility index (Phi) is 2.90. The van der Waals surface area contributed by atoms with Crippen LogP contribution in [0, 0.1) is 6.92 Å². The molecular weight excluding hydrogens is 205 g/mol. The molecule has 0 saturated heterocycles. The van der Waals surface area contributed by atoms with Gasteiger partial charge >= 0.3 is 6.18 Å². The summed E-state index contributed by atoms with van der Waals surface area (Å²) in [6.45, 7) is 4.78. The maximum absolute atomic E-state index is 12.6. The van der Waals surface area contributed by atoms with E-state index in [4.69, 9.17) is 0 Å². The molecule has 0 aliphatic heterocycles. The molecule has 1 unspecified atom stereocenters. The van der Waals surface area contributed by atoms with Gasteiger partial charge in [-0.3, -0.25) is 0 Å². The fourth-order valence-electron chi connectivity index (χ4n) is 1.20. The second-order valence-corrected chi connectivity index (χ2v) is 3.33. The molecule has 0 amide bonds. The summed E-state index contributed by atoms with van der Waals surface area (Å²) in [7, 11) is 0. The third-order valence-electron chi connectivity index (χ3n) is 2.22. The highest BCUT2D eigenvalue weighted by Gasteiger charge is 2.52. The van der Waals surface area contributed by atoms with Crippen LogP contribution in [0.3, 0.4) is 0 Å². The van der Waals surface area contributed by atoms with E-state index in [0.717, 1.165) is 5.56 Å². The zero-order chi connectivity index (χ0) is 11.7. The predicted octanol–water partition coefficient (Wildman–Crippen LogP) is 2.93. The van der Waals surface area contributed by atoms with E-state index < -0.39 is 11.8 Å². The molecule has 15 heavy (non-hydrogen) atoms. The molecule has 0 fully saturated rings. The van der Waals surface area contributed by atoms with Crippen molar-refractivity contribution in [1.82, 2.24) is 0 Å². The monoisotopic (exact) mass is 216 g/mol. The topological polar surface area (TPSA) is 20.2 Å². The molecule has 0 aliphatic carbocycles. The van der Waals surface area contributed by atoms with Crippen LogP contribution >= 0.6 is 0 Å². The van der Waals surface area contributed by atoms with E-state index in [1.54, 1.807) is 6.92 Å². The second-order valence-electron chi connectivity index (χ2n) is 3.33. The summed E-state index contributed by atoms with van der Waals surface area (Å²) < 4.78 is 37.7. The molecule has 82 valence electrons.